The first kappa shape index (κ1) is 43.4. The predicted octanol–water partition coefficient (Wildman–Crippen LogP) is 20.5. The number of allylic oxidation sites excluding steroid dienone is 1. The SMILES string of the molecule is CCC1/C(c2cccc3sc4ccccc4c23)=C/CC(C)/C(c2cc(C3CCc4cc5ccccc5cc4-c4ccccc43)cc3sc4c5ccccc5ccc4c23)=N\C1c1cccc2sc3ccccc3c12. The maximum absolute atomic E-state index is 6.45. The molecule has 4 atom stereocenters. The Morgan fingerprint density at radius 3 is 1.92 bits per heavy atom. The van der Waals surface area contributed by atoms with Gasteiger partial charge in [-0.2, -0.15) is 0 Å². The van der Waals surface area contributed by atoms with E-state index in [0.29, 0.717) is 0 Å². The molecule has 1 nitrogen and oxygen atoms in total. The van der Waals surface area contributed by atoms with Gasteiger partial charge in [0.1, 0.15) is 0 Å². The second-order valence-electron chi connectivity index (χ2n) is 20.6. The first-order valence-electron chi connectivity index (χ1n) is 26.1. The van der Waals surface area contributed by atoms with E-state index in [2.05, 4.69) is 214 Å². The van der Waals surface area contributed by atoms with Crippen LogP contribution in [0.2, 0.25) is 0 Å². The Bertz CT molecular complexity index is 4460. The lowest BCUT2D eigenvalue weighted by atomic mass is 9.77. The second kappa shape index (κ2) is 17.2. The lowest BCUT2D eigenvalue weighted by molar-refractivity contribution is 0.517. The first-order valence-corrected chi connectivity index (χ1v) is 28.6. The highest BCUT2D eigenvalue weighted by Gasteiger charge is 2.34. The van der Waals surface area contributed by atoms with Gasteiger partial charge < -0.3 is 0 Å². The highest BCUT2D eigenvalue weighted by atomic mass is 32.1. The summed E-state index contributed by atoms with van der Waals surface area (Å²) in [6, 6.07) is 74.0. The van der Waals surface area contributed by atoms with E-state index in [9.17, 15) is 0 Å². The number of aryl methyl sites for hydroxylation is 1. The van der Waals surface area contributed by atoms with Crippen LogP contribution >= 0.6 is 34.0 Å². The van der Waals surface area contributed by atoms with Gasteiger partial charge in [0.2, 0.25) is 0 Å². The number of hydrogen-bond acceptors (Lipinski definition) is 4. The zero-order valence-corrected chi connectivity index (χ0v) is 43.3. The number of fused-ring (bicyclic) bond motifs is 15. The van der Waals surface area contributed by atoms with Crippen molar-refractivity contribution in [3.63, 3.8) is 0 Å². The van der Waals surface area contributed by atoms with Crippen LogP contribution in [0.15, 0.2) is 205 Å². The fraction of sp³-hybridized carbons (Fsp3) is 0.145. The predicted molar refractivity (Wildman–Crippen MR) is 320 cm³/mol. The minimum Gasteiger partial charge on any atom is -0.280 e. The van der Waals surface area contributed by atoms with E-state index in [-0.39, 0.29) is 23.8 Å². The molecule has 0 saturated heterocycles. The van der Waals surface area contributed by atoms with Gasteiger partial charge in [-0.15, -0.1) is 34.0 Å². The average Bonchev–Trinajstić information content (AvgIpc) is 4.12. The van der Waals surface area contributed by atoms with Crippen LogP contribution in [0.3, 0.4) is 0 Å². The Morgan fingerprint density at radius 1 is 0.479 bits per heavy atom. The number of nitrogens with zero attached hydrogens (tertiary/aromatic N) is 1. The molecule has 2 aliphatic rings. The summed E-state index contributed by atoms with van der Waals surface area (Å²) in [7, 11) is 0. The molecule has 0 amide bonds. The molecule has 350 valence electrons. The summed E-state index contributed by atoms with van der Waals surface area (Å²) >= 11 is 5.80. The molecule has 13 aromatic rings. The monoisotopic (exact) mass is 989 g/mol. The van der Waals surface area contributed by atoms with Crippen molar-refractivity contribution in [3.8, 4) is 11.1 Å². The molecular weight excluding hydrogens is 939 g/mol. The molecule has 0 spiro atoms. The Morgan fingerprint density at radius 2 is 1.11 bits per heavy atom. The van der Waals surface area contributed by atoms with Crippen LogP contribution < -0.4 is 0 Å². The van der Waals surface area contributed by atoms with Crippen molar-refractivity contribution < 1.29 is 0 Å². The molecule has 3 aromatic heterocycles. The van der Waals surface area contributed by atoms with Crippen LogP contribution in [0.4, 0.5) is 0 Å². The second-order valence-corrected chi connectivity index (χ2v) is 23.8. The van der Waals surface area contributed by atoms with Gasteiger partial charge in [-0.3, -0.25) is 4.99 Å². The van der Waals surface area contributed by atoms with Crippen molar-refractivity contribution in [1.82, 2.24) is 0 Å². The number of thiophene rings is 3. The van der Waals surface area contributed by atoms with Crippen LogP contribution in [0, 0.1) is 11.8 Å². The Labute approximate surface area is 437 Å². The number of rotatable bonds is 5. The number of hydrogen-bond donors (Lipinski definition) is 0. The van der Waals surface area contributed by atoms with Gasteiger partial charge in [0, 0.05) is 89.5 Å². The molecule has 4 unspecified atom stereocenters. The third-order valence-electron chi connectivity index (χ3n) is 16.6. The smallest absolute Gasteiger partial charge is 0.0827 e. The summed E-state index contributed by atoms with van der Waals surface area (Å²) in [6.07, 6.45) is 6.55. The molecule has 1 aliphatic heterocycles. The molecule has 0 radical (unpaired) electrons. The molecular formula is C69H51NS3. The lowest BCUT2D eigenvalue weighted by Crippen LogP contribution is -2.22. The van der Waals surface area contributed by atoms with Crippen molar-refractivity contribution in [3.05, 3.63) is 234 Å². The van der Waals surface area contributed by atoms with Crippen LogP contribution in [-0.4, -0.2) is 5.71 Å². The van der Waals surface area contributed by atoms with Gasteiger partial charge in [0.05, 0.1) is 6.04 Å². The van der Waals surface area contributed by atoms with E-state index >= 15 is 0 Å². The highest BCUT2D eigenvalue weighted by Crippen LogP contribution is 2.51. The van der Waals surface area contributed by atoms with Gasteiger partial charge in [-0.25, -0.2) is 0 Å². The van der Waals surface area contributed by atoms with Gasteiger partial charge in [0.25, 0.3) is 0 Å². The normalized spacial score (nSPS) is 19.8. The molecule has 4 heteroatoms. The fourth-order valence-corrected chi connectivity index (χ4v) is 16.8. The molecule has 0 saturated carbocycles. The fourth-order valence-electron chi connectivity index (χ4n) is 13.2. The average molecular weight is 990 g/mol. The minimum atomic E-state index is -0.137. The van der Waals surface area contributed by atoms with Gasteiger partial charge >= 0.3 is 0 Å². The lowest BCUT2D eigenvalue weighted by Gasteiger charge is -2.32. The number of aliphatic imine (C=N–C) groups is 1. The largest absolute Gasteiger partial charge is 0.280 e. The van der Waals surface area contributed by atoms with Crippen molar-refractivity contribution in [2.24, 2.45) is 16.8 Å². The topological polar surface area (TPSA) is 12.4 Å². The zero-order chi connectivity index (χ0) is 48.3. The summed E-state index contributed by atoms with van der Waals surface area (Å²) in [4.78, 5) is 6.45. The molecule has 73 heavy (non-hydrogen) atoms. The molecule has 10 aromatic carbocycles. The Balaban J connectivity index is 0.998. The van der Waals surface area contributed by atoms with E-state index in [0.717, 1.165) is 25.7 Å². The summed E-state index contributed by atoms with van der Waals surface area (Å²) < 4.78 is 8.07. The van der Waals surface area contributed by atoms with E-state index in [1.54, 1.807) is 0 Å². The molecule has 4 heterocycles. The zero-order valence-electron chi connectivity index (χ0n) is 40.9. The Hall–Kier alpha value is -7.21. The standard InChI is InChI=1S/C69H51NS3/c1-3-46-51(52-24-14-28-61-64(52)53-22-10-12-26-59(53)71-61)33-30-40(2)67(70-68(46)55-25-15-29-62-65(55)54-23-11-13-27-60(54)72-62)58-38-45(39-63-66(58)56-35-31-41-16-6-7-19-48(41)69(56)73-63)47-34-32-44-36-42-17-4-5-18-43(42)37-57(44)50-21-9-8-20-49(47)50/h4-29,31,33,35-40,46-47,68H,3,30,32,34H2,1-2H3/b51-33-,70-67+. The van der Waals surface area contributed by atoms with E-state index in [1.165, 1.54) is 138 Å². The van der Waals surface area contributed by atoms with Crippen molar-refractivity contribution >= 4 is 127 Å². The third kappa shape index (κ3) is 6.87. The van der Waals surface area contributed by atoms with Crippen molar-refractivity contribution in [2.75, 3.05) is 0 Å². The molecule has 15 rings (SSSR count). The maximum atomic E-state index is 6.45. The molecule has 0 fully saturated rings. The highest BCUT2D eigenvalue weighted by molar-refractivity contribution is 7.27. The van der Waals surface area contributed by atoms with Crippen LogP contribution in [-0.2, 0) is 6.42 Å². The Kier molecular flexibility index (Phi) is 10.2. The van der Waals surface area contributed by atoms with Gasteiger partial charge in [-0.05, 0) is 134 Å². The minimum absolute atomic E-state index is 0.126. The van der Waals surface area contributed by atoms with Crippen LogP contribution in [0.1, 0.15) is 78.5 Å². The summed E-state index contributed by atoms with van der Waals surface area (Å²) in [5.41, 5.74) is 13.6. The van der Waals surface area contributed by atoms with Gasteiger partial charge in [0.15, 0.2) is 0 Å². The van der Waals surface area contributed by atoms with E-state index in [1.807, 2.05) is 34.0 Å². The van der Waals surface area contributed by atoms with Crippen LogP contribution in [0.25, 0.3) is 98.8 Å². The quantitative estimate of drug-likeness (QED) is 0.163. The van der Waals surface area contributed by atoms with E-state index < -0.39 is 0 Å². The summed E-state index contributed by atoms with van der Waals surface area (Å²) in [6.45, 7) is 4.87. The molecule has 0 bridgehead atoms. The van der Waals surface area contributed by atoms with Crippen molar-refractivity contribution in [1.29, 1.82) is 0 Å². The van der Waals surface area contributed by atoms with Crippen LogP contribution in [0.5, 0.6) is 0 Å². The third-order valence-corrected chi connectivity index (χ3v) is 20.0. The van der Waals surface area contributed by atoms with Gasteiger partial charge in [-0.1, -0.05) is 172 Å². The molecule has 0 N–H and O–H groups in total. The summed E-state index contributed by atoms with van der Waals surface area (Å²) in [5.74, 6) is 0.471. The molecule has 1 aliphatic carbocycles. The summed E-state index contributed by atoms with van der Waals surface area (Å²) in [5, 5.41) is 13.3. The first-order chi connectivity index (χ1) is 36.1. The maximum Gasteiger partial charge on any atom is 0.0827 e. The van der Waals surface area contributed by atoms with Crippen molar-refractivity contribution in [2.45, 2.75) is 51.5 Å². The van der Waals surface area contributed by atoms with E-state index in [4.69, 9.17) is 4.99 Å². The number of benzene rings is 10.